The highest BCUT2D eigenvalue weighted by atomic mass is 19.1. The van der Waals surface area contributed by atoms with Gasteiger partial charge in [-0.05, 0) is 17.7 Å². The Balaban J connectivity index is 2.24. The van der Waals surface area contributed by atoms with Crippen molar-refractivity contribution in [3.8, 4) is 11.9 Å². The minimum atomic E-state index is -0.401. The summed E-state index contributed by atoms with van der Waals surface area (Å²) < 4.78 is 19.1. The van der Waals surface area contributed by atoms with Gasteiger partial charge in [0.05, 0.1) is 17.2 Å². The second-order valence-electron chi connectivity index (χ2n) is 6.55. The molecule has 6 heteroatoms. The predicted octanol–water partition coefficient (Wildman–Crippen LogP) is 3.16. The van der Waals surface area contributed by atoms with Crippen LogP contribution in [0.15, 0.2) is 35.7 Å². The van der Waals surface area contributed by atoms with Gasteiger partial charge in [0.25, 0.3) is 0 Å². The van der Waals surface area contributed by atoms with Gasteiger partial charge in [0.1, 0.15) is 23.3 Å². The summed E-state index contributed by atoms with van der Waals surface area (Å²) in [6.45, 7) is 5.96. The monoisotopic (exact) mass is 312 g/mol. The lowest BCUT2D eigenvalue weighted by Crippen LogP contribution is -2.28. The molecule has 0 radical (unpaired) electrons. The number of hydrogen-bond donors (Lipinski definition) is 2. The van der Waals surface area contributed by atoms with Crippen molar-refractivity contribution in [1.82, 2.24) is 10.2 Å². The third kappa shape index (κ3) is 2.44. The van der Waals surface area contributed by atoms with Gasteiger partial charge in [-0.3, -0.25) is 5.10 Å². The number of nitrogens with zero attached hydrogens (tertiary/aromatic N) is 2. The van der Waals surface area contributed by atoms with Crippen molar-refractivity contribution in [2.24, 2.45) is 11.1 Å². The van der Waals surface area contributed by atoms with Crippen LogP contribution in [0.4, 0.5) is 4.39 Å². The van der Waals surface area contributed by atoms with Crippen LogP contribution in [0.2, 0.25) is 0 Å². The molecule has 3 rings (SSSR count). The van der Waals surface area contributed by atoms with E-state index in [1.54, 1.807) is 12.1 Å². The molecule has 0 fully saturated rings. The summed E-state index contributed by atoms with van der Waals surface area (Å²) in [6.07, 6.45) is 0. The van der Waals surface area contributed by atoms with E-state index in [0.717, 1.165) is 5.56 Å². The summed E-state index contributed by atoms with van der Waals surface area (Å²) >= 11 is 0. The highest BCUT2D eigenvalue weighted by Gasteiger charge is 2.38. The lowest BCUT2D eigenvalue weighted by Gasteiger charge is -2.32. The number of nitrogens with one attached hydrogen (secondary N) is 1. The number of rotatable bonds is 1. The molecule has 5 nitrogen and oxygen atoms in total. The van der Waals surface area contributed by atoms with E-state index in [1.165, 1.54) is 12.1 Å². The number of nitrogens with two attached hydrogens (primary N) is 1. The summed E-state index contributed by atoms with van der Waals surface area (Å²) in [5.41, 5.74) is 8.24. The molecule has 1 unspecified atom stereocenters. The van der Waals surface area contributed by atoms with Gasteiger partial charge in [-0.1, -0.05) is 32.9 Å². The van der Waals surface area contributed by atoms with E-state index in [1.807, 2.05) is 20.8 Å². The first-order valence-corrected chi connectivity index (χ1v) is 7.24. The molecule has 1 aliphatic heterocycles. The first kappa shape index (κ1) is 15.1. The average molecular weight is 312 g/mol. The summed E-state index contributed by atoms with van der Waals surface area (Å²) in [7, 11) is 0. The largest absolute Gasteiger partial charge is 0.439 e. The fourth-order valence-electron chi connectivity index (χ4n) is 2.79. The number of allylic oxidation sites excluding steroid dienone is 2. The van der Waals surface area contributed by atoms with Crippen LogP contribution in [0, 0.1) is 22.6 Å². The van der Waals surface area contributed by atoms with Crippen molar-refractivity contribution in [3.05, 3.63) is 58.4 Å². The Hall–Kier alpha value is -2.81. The normalized spacial score (nSPS) is 17.4. The summed E-state index contributed by atoms with van der Waals surface area (Å²) in [5.74, 6) is 0.222. The Kier molecular flexibility index (Phi) is 3.37. The van der Waals surface area contributed by atoms with E-state index in [0.29, 0.717) is 28.6 Å². The Morgan fingerprint density at radius 3 is 2.52 bits per heavy atom. The molecular formula is C17H17FN4O. The van der Waals surface area contributed by atoms with Gasteiger partial charge in [-0.15, -0.1) is 5.10 Å². The highest BCUT2D eigenvalue weighted by Crippen LogP contribution is 2.45. The number of aromatic amines is 1. The van der Waals surface area contributed by atoms with Crippen LogP contribution in [0.3, 0.4) is 0 Å². The average Bonchev–Trinajstić information content (AvgIpc) is 2.89. The lowest BCUT2D eigenvalue weighted by atomic mass is 9.81. The van der Waals surface area contributed by atoms with Gasteiger partial charge in [0.15, 0.2) is 0 Å². The number of H-pyrrole nitrogens is 1. The van der Waals surface area contributed by atoms with Crippen LogP contribution >= 0.6 is 0 Å². The van der Waals surface area contributed by atoms with E-state index in [4.69, 9.17) is 10.5 Å². The molecule has 0 amide bonds. The zero-order valence-corrected chi connectivity index (χ0v) is 13.1. The molecule has 0 saturated heterocycles. The van der Waals surface area contributed by atoms with E-state index >= 15 is 0 Å². The van der Waals surface area contributed by atoms with E-state index < -0.39 is 5.92 Å². The highest BCUT2D eigenvalue weighted by molar-refractivity contribution is 5.54. The zero-order chi connectivity index (χ0) is 16.8. The van der Waals surface area contributed by atoms with Gasteiger partial charge in [-0.2, -0.15) is 5.26 Å². The van der Waals surface area contributed by atoms with Crippen LogP contribution in [-0.2, 0) is 0 Å². The number of halogens is 1. The molecular weight excluding hydrogens is 295 g/mol. The number of ether oxygens (including phenoxy) is 1. The Morgan fingerprint density at radius 2 is 1.96 bits per heavy atom. The SMILES string of the molecule is CC(C)(C)C1=C(N)C(c2ccc(F)cc2)c2c(n[nH]c2C#N)O1. The van der Waals surface area contributed by atoms with E-state index in [2.05, 4.69) is 16.3 Å². The lowest BCUT2D eigenvalue weighted by molar-refractivity contribution is 0.266. The maximum Gasteiger partial charge on any atom is 0.243 e. The topological polar surface area (TPSA) is 87.7 Å². The van der Waals surface area contributed by atoms with Crippen molar-refractivity contribution in [2.75, 3.05) is 0 Å². The molecule has 1 aromatic heterocycles. The quantitative estimate of drug-likeness (QED) is 0.846. The fourth-order valence-corrected chi connectivity index (χ4v) is 2.79. The molecule has 0 saturated carbocycles. The number of nitriles is 1. The Labute approximate surface area is 133 Å². The van der Waals surface area contributed by atoms with E-state index in [9.17, 15) is 9.65 Å². The van der Waals surface area contributed by atoms with Crippen LogP contribution < -0.4 is 10.5 Å². The molecule has 3 N–H and O–H groups in total. The maximum absolute atomic E-state index is 13.3. The Morgan fingerprint density at radius 1 is 1.30 bits per heavy atom. The molecule has 2 heterocycles. The van der Waals surface area contributed by atoms with Gasteiger partial charge < -0.3 is 10.5 Å². The van der Waals surface area contributed by atoms with Gasteiger partial charge in [0.2, 0.25) is 5.88 Å². The van der Waals surface area contributed by atoms with Crippen molar-refractivity contribution in [3.63, 3.8) is 0 Å². The zero-order valence-electron chi connectivity index (χ0n) is 13.1. The van der Waals surface area contributed by atoms with Gasteiger partial charge >= 0.3 is 0 Å². The van der Waals surface area contributed by atoms with Gasteiger partial charge in [0, 0.05) is 5.41 Å². The molecule has 1 aliphatic rings. The van der Waals surface area contributed by atoms with Crippen LogP contribution in [-0.4, -0.2) is 10.2 Å². The van der Waals surface area contributed by atoms with Crippen molar-refractivity contribution >= 4 is 0 Å². The second kappa shape index (κ2) is 5.13. The first-order valence-electron chi connectivity index (χ1n) is 7.24. The summed E-state index contributed by atoms with van der Waals surface area (Å²) in [5, 5.41) is 16.1. The van der Waals surface area contributed by atoms with Crippen LogP contribution in [0.1, 0.15) is 43.5 Å². The first-order chi connectivity index (χ1) is 10.8. The van der Waals surface area contributed by atoms with Gasteiger partial charge in [-0.25, -0.2) is 4.39 Å². The third-order valence-electron chi connectivity index (χ3n) is 3.83. The third-order valence-corrected chi connectivity index (χ3v) is 3.83. The molecule has 23 heavy (non-hydrogen) atoms. The molecule has 1 aromatic carbocycles. The van der Waals surface area contributed by atoms with Crippen molar-refractivity contribution in [1.29, 1.82) is 5.26 Å². The molecule has 1 atom stereocenters. The number of hydrogen-bond acceptors (Lipinski definition) is 4. The smallest absolute Gasteiger partial charge is 0.243 e. The Bertz CT molecular complexity index is 822. The second-order valence-corrected chi connectivity index (χ2v) is 6.55. The number of fused-ring (bicyclic) bond motifs is 1. The fraction of sp³-hybridized carbons (Fsp3) is 0.294. The number of aromatic nitrogens is 2. The molecule has 0 aliphatic carbocycles. The minimum absolute atomic E-state index is 0.297. The predicted molar refractivity (Wildman–Crippen MR) is 82.8 cm³/mol. The summed E-state index contributed by atoms with van der Waals surface area (Å²) in [6, 6.07) is 8.15. The maximum atomic E-state index is 13.3. The molecule has 0 bridgehead atoms. The molecule has 118 valence electrons. The van der Waals surface area contributed by atoms with Crippen molar-refractivity contribution in [2.45, 2.75) is 26.7 Å². The number of benzene rings is 1. The molecule has 2 aromatic rings. The van der Waals surface area contributed by atoms with Crippen LogP contribution in [0.25, 0.3) is 0 Å². The summed E-state index contributed by atoms with van der Waals surface area (Å²) in [4.78, 5) is 0. The van der Waals surface area contributed by atoms with Crippen LogP contribution in [0.5, 0.6) is 5.88 Å². The van der Waals surface area contributed by atoms with Crippen molar-refractivity contribution < 1.29 is 9.13 Å². The molecule has 0 spiro atoms. The standard InChI is InChI=1S/C17H17FN4O/c1-17(2,3)15-14(20)12(9-4-6-10(18)7-5-9)13-11(8-19)21-22-16(13)23-15/h4-7,12H,20H2,1-3H3,(H,21,22). The minimum Gasteiger partial charge on any atom is -0.439 e. The van der Waals surface area contributed by atoms with E-state index in [-0.39, 0.29) is 11.2 Å².